The van der Waals surface area contributed by atoms with Gasteiger partial charge in [-0.1, -0.05) is 24.3 Å². The smallest absolute Gasteiger partial charge is 0.329 e. The van der Waals surface area contributed by atoms with E-state index in [1.54, 1.807) is 23.2 Å². The molecule has 5 rings (SSSR count). The third kappa shape index (κ3) is 2.67. The zero-order valence-corrected chi connectivity index (χ0v) is 15.2. The topological polar surface area (TPSA) is 95.8 Å². The second kappa shape index (κ2) is 6.30. The highest BCUT2D eigenvalue weighted by molar-refractivity contribution is 5.90. The predicted molar refractivity (Wildman–Crippen MR) is 106 cm³/mol. The molecule has 0 spiro atoms. The van der Waals surface area contributed by atoms with E-state index in [1.165, 1.54) is 0 Å². The van der Waals surface area contributed by atoms with Crippen LogP contribution in [0.2, 0.25) is 0 Å². The Hall–Kier alpha value is -3.48. The van der Waals surface area contributed by atoms with Crippen LogP contribution in [0.15, 0.2) is 53.7 Å². The Morgan fingerprint density at radius 1 is 1.14 bits per heavy atom. The molecule has 0 bridgehead atoms. The molecule has 7 nitrogen and oxygen atoms in total. The number of aromatic nitrogens is 4. The highest BCUT2D eigenvalue weighted by atomic mass is 16.2. The summed E-state index contributed by atoms with van der Waals surface area (Å²) in [4.78, 5) is 33.6. The van der Waals surface area contributed by atoms with E-state index in [2.05, 4.69) is 9.97 Å². The Balaban J connectivity index is 1.70. The summed E-state index contributed by atoms with van der Waals surface area (Å²) >= 11 is 0. The first-order valence-corrected chi connectivity index (χ1v) is 9.32. The molecule has 7 heteroatoms. The number of pyridine rings is 2. The Bertz CT molecular complexity index is 1280. The quantitative estimate of drug-likeness (QED) is 0.580. The minimum absolute atomic E-state index is 0.0644. The average molecular weight is 373 g/mol. The van der Waals surface area contributed by atoms with Crippen molar-refractivity contribution in [1.29, 1.82) is 0 Å². The van der Waals surface area contributed by atoms with Gasteiger partial charge in [-0.25, -0.2) is 4.79 Å². The SMILES string of the molecule is NC(=O)Cc1c(Cn2c(=O)n(C3CC3)c3ccncc32)ncc2ccccc12. The zero-order valence-electron chi connectivity index (χ0n) is 15.2. The minimum atomic E-state index is -0.422. The molecule has 2 N–H and O–H groups in total. The molecule has 0 unspecified atom stereocenters. The molecule has 1 aromatic carbocycles. The number of hydrogen-bond acceptors (Lipinski definition) is 4. The lowest BCUT2D eigenvalue weighted by atomic mass is 10.0. The van der Waals surface area contributed by atoms with Crippen LogP contribution in [0.5, 0.6) is 0 Å². The second-order valence-corrected chi connectivity index (χ2v) is 7.25. The number of primary amides is 1. The van der Waals surface area contributed by atoms with Gasteiger partial charge in [0.25, 0.3) is 0 Å². The maximum absolute atomic E-state index is 13.2. The second-order valence-electron chi connectivity index (χ2n) is 7.25. The summed E-state index contributed by atoms with van der Waals surface area (Å²) in [5.41, 5.74) is 8.55. The Morgan fingerprint density at radius 3 is 2.75 bits per heavy atom. The molecule has 1 saturated carbocycles. The number of carbonyl (C=O) groups is 1. The first kappa shape index (κ1) is 16.7. The summed E-state index contributed by atoms with van der Waals surface area (Å²) in [6.07, 6.45) is 7.31. The van der Waals surface area contributed by atoms with Gasteiger partial charge in [-0.3, -0.25) is 23.9 Å². The minimum Gasteiger partial charge on any atom is -0.369 e. The summed E-state index contributed by atoms with van der Waals surface area (Å²) < 4.78 is 3.55. The fourth-order valence-corrected chi connectivity index (χ4v) is 3.89. The number of fused-ring (bicyclic) bond motifs is 2. The molecular weight excluding hydrogens is 354 g/mol. The van der Waals surface area contributed by atoms with Crippen LogP contribution >= 0.6 is 0 Å². The number of nitrogens with two attached hydrogens (primary N) is 1. The van der Waals surface area contributed by atoms with Gasteiger partial charge >= 0.3 is 5.69 Å². The summed E-state index contributed by atoms with van der Waals surface area (Å²) in [6, 6.07) is 9.89. The van der Waals surface area contributed by atoms with Crippen molar-refractivity contribution in [3.63, 3.8) is 0 Å². The molecule has 0 saturated heterocycles. The normalized spacial score (nSPS) is 14.0. The highest BCUT2D eigenvalue weighted by Crippen LogP contribution is 2.36. The van der Waals surface area contributed by atoms with E-state index in [-0.39, 0.29) is 24.7 Å². The van der Waals surface area contributed by atoms with Crippen molar-refractivity contribution in [3.8, 4) is 0 Å². The first-order chi connectivity index (χ1) is 13.6. The Kier molecular flexibility index (Phi) is 3.75. The van der Waals surface area contributed by atoms with Crippen LogP contribution in [0.3, 0.4) is 0 Å². The van der Waals surface area contributed by atoms with Crippen molar-refractivity contribution in [2.45, 2.75) is 31.8 Å². The highest BCUT2D eigenvalue weighted by Gasteiger charge is 2.29. The van der Waals surface area contributed by atoms with Gasteiger partial charge in [0.1, 0.15) is 0 Å². The van der Waals surface area contributed by atoms with Crippen molar-refractivity contribution < 1.29 is 4.79 Å². The number of carbonyl (C=O) groups excluding carboxylic acids is 1. The van der Waals surface area contributed by atoms with Crippen LogP contribution in [0.1, 0.15) is 30.1 Å². The van der Waals surface area contributed by atoms with Gasteiger partial charge in [0.05, 0.1) is 35.9 Å². The van der Waals surface area contributed by atoms with Crippen LogP contribution in [0.4, 0.5) is 0 Å². The zero-order chi connectivity index (χ0) is 19.3. The van der Waals surface area contributed by atoms with Crippen molar-refractivity contribution in [1.82, 2.24) is 19.1 Å². The number of rotatable bonds is 5. The lowest BCUT2D eigenvalue weighted by Crippen LogP contribution is -2.25. The number of imidazole rings is 1. The van der Waals surface area contributed by atoms with E-state index in [4.69, 9.17) is 5.73 Å². The molecule has 3 heterocycles. The van der Waals surface area contributed by atoms with Crippen LogP contribution in [0, 0.1) is 0 Å². The lowest BCUT2D eigenvalue weighted by molar-refractivity contribution is -0.117. The van der Waals surface area contributed by atoms with E-state index in [0.29, 0.717) is 5.69 Å². The van der Waals surface area contributed by atoms with Crippen molar-refractivity contribution in [2.75, 3.05) is 0 Å². The maximum Gasteiger partial charge on any atom is 0.329 e. The largest absolute Gasteiger partial charge is 0.369 e. The predicted octanol–water partition coefficient (Wildman–Crippen LogP) is 2.16. The maximum atomic E-state index is 13.2. The molecule has 4 aromatic rings. The van der Waals surface area contributed by atoms with Gasteiger partial charge in [0.2, 0.25) is 5.91 Å². The van der Waals surface area contributed by atoms with Gasteiger partial charge in [-0.2, -0.15) is 0 Å². The molecule has 0 radical (unpaired) electrons. The number of benzene rings is 1. The molecule has 0 atom stereocenters. The van der Waals surface area contributed by atoms with Gasteiger partial charge in [-0.15, -0.1) is 0 Å². The Morgan fingerprint density at radius 2 is 1.96 bits per heavy atom. The van der Waals surface area contributed by atoms with Gasteiger partial charge in [0.15, 0.2) is 0 Å². The molecule has 3 aromatic heterocycles. The first-order valence-electron chi connectivity index (χ1n) is 9.32. The molecular formula is C21H19N5O2. The fourth-order valence-electron chi connectivity index (χ4n) is 3.89. The van der Waals surface area contributed by atoms with E-state index in [9.17, 15) is 9.59 Å². The fraction of sp³-hybridized carbons (Fsp3) is 0.238. The summed E-state index contributed by atoms with van der Waals surface area (Å²) in [5, 5.41) is 1.88. The van der Waals surface area contributed by atoms with Crippen molar-refractivity contribution in [2.24, 2.45) is 5.73 Å². The van der Waals surface area contributed by atoms with E-state index < -0.39 is 5.91 Å². The summed E-state index contributed by atoms with van der Waals surface area (Å²) in [7, 11) is 0. The third-order valence-corrected chi connectivity index (χ3v) is 5.33. The standard InChI is InChI=1S/C21H19N5O2/c22-20(27)9-16-15-4-2-1-3-13(15)10-24-17(16)12-25-19-11-23-8-7-18(19)26(21(25)28)14-5-6-14/h1-4,7-8,10-11,14H,5-6,9,12H2,(H2,22,27). The van der Waals surface area contributed by atoms with E-state index in [1.807, 2.05) is 34.9 Å². The van der Waals surface area contributed by atoms with Crippen molar-refractivity contribution >= 4 is 27.7 Å². The van der Waals surface area contributed by atoms with Gasteiger partial charge in [-0.05, 0) is 29.9 Å². The Labute approximate surface area is 160 Å². The number of amides is 1. The van der Waals surface area contributed by atoms with Crippen LogP contribution < -0.4 is 11.4 Å². The van der Waals surface area contributed by atoms with E-state index in [0.717, 1.165) is 40.2 Å². The van der Waals surface area contributed by atoms with Crippen LogP contribution in [-0.4, -0.2) is 25.0 Å². The molecule has 28 heavy (non-hydrogen) atoms. The van der Waals surface area contributed by atoms with Gasteiger partial charge in [0, 0.05) is 23.8 Å². The molecule has 140 valence electrons. The lowest BCUT2D eigenvalue weighted by Gasteiger charge is -2.12. The molecule has 1 fully saturated rings. The summed E-state index contributed by atoms with van der Waals surface area (Å²) in [5.74, 6) is -0.422. The number of nitrogens with zero attached hydrogens (tertiary/aromatic N) is 4. The molecule has 1 aliphatic carbocycles. The van der Waals surface area contributed by atoms with Crippen LogP contribution in [-0.2, 0) is 17.8 Å². The molecule has 0 aliphatic heterocycles. The average Bonchev–Trinajstić information content (AvgIpc) is 3.49. The van der Waals surface area contributed by atoms with E-state index >= 15 is 0 Å². The summed E-state index contributed by atoms with van der Waals surface area (Å²) in [6.45, 7) is 0.272. The van der Waals surface area contributed by atoms with Gasteiger partial charge < -0.3 is 5.73 Å². The number of hydrogen-bond donors (Lipinski definition) is 1. The van der Waals surface area contributed by atoms with Crippen LogP contribution in [0.25, 0.3) is 21.8 Å². The third-order valence-electron chi connectivity index (χ3n) is 5.33. The molecule has 1 aliphatic rings. The van der Waals surface area contributed by atoms with Crippen molar-refractivity contribution in [3.05, 3.63) is 70.7 Å². The molecule has 1 amide bonds. The monoisotopic (exact) mass is 373 g/mol.